The fourth-order valence-electron chi connectivity index (χ4n) is 2.28. The lowest BCUT2D eigenvalue weighted by Crippen LogP contribution is -2.50. The van der Waals surface area contributed by atoms with E-state index < -0.39 is 0 Å². The zero-order chi connectivity index (χ0) is 14.7. The van der Waals surface area contributed by atoms with Crippen LogP contribution in [0.1, 0.15) is 5.69 Å². The van der Waals surface area contributed by atoms with E-state index in [1.165, 1.54) is 4.90 Å². The smallest absolute Gasteiger partial charge is 0.133 e. The van der Waals surface area contributed by atoms with Crippen LogP contribution in [-0.4, -0.2) is 22.9 Å². The van der Waals surface area contributed by atoms with Crippen molar-refractivity contribution in [2.45, 2.75) is 23.5 Å². The molecular weight excluding hydrogens is 350 g/mol. The summed E-state index contributed by atoms with van der Waals surface area (Å²) >= 11 is 5.20. The Hall–Kier alpha value is -1.08. The highest BCUT2D eigenvalue weighted by Crippen LogP contribution is 2.35. The minimum Gasteiger partial charge on any atom is -0.487 e. The highest BCUT2D eigenvalue weighted by atomic mass is 79.9. The van der Waals surface area contributed by atoms with Crippen molar-refractivity contribution in [3.8, 4) is 5.75 Å². The van der Waals surface area contributed by atoms with E-state index in [-0.39, 0.29) is 12.1 Å². The summed E-state index contributed by atoms with van der Waals surface area (Å²) in [5, 5.41) is 0. The van der Waals surface area contributed by atoms with Crippen LogP contribution in [0, 0.1) is 0 Å². The predicted molar refractivity (Wildman–Crippen MR) is 88.3 cm³/mol. The van der Waals surface area contributed by atoms with E-state index in [0.717, 1.165) is 28.1 Å². The molecule has 1 aromatic heterocycles. The van der Waals surface area contributed by atoms with Gasteiger partial charge in [0.15, 0.2) is 0 Å². The Morgan fingerprint density at radius 2 is 2.24 bits per heavy atom. The highest BCUT2D eigenvalue weighted by Gasteiger charge is 2.27. The summed E-state index contributed by atoms with van der Waals surface area (Å²) in [6.45, 7) is 0. The number of hydrogen-bond donors (Lipinski definition) is 2. The van der Waals surface area contributed by atoms with Crippen LogP contribution < -0.4 is 16.0 Å². The fraction of sp³-hybridized carbons (Fsp3) is 0.267. The van der Waals surface area contributed by atoms with Crippen LogP contribution in [0.3, 0.4) is 0 Å². The molecule has 21 heavy (non-hydrogen) atoms. The molecule has 3 N–H and O–H groups in total. The number of hydrogen-bond acceptors (Lipinski definition) is 5. The van der Waals surface area contributed by atoms with Gasteiger partial charge in [0.2, 0.25) is 0 Å². The second-order valence-corrected chi connectivity index (χ2v) is 6.84. The van der Waals surface area contributed by atoms with Gasteiger partial charge in [-0.25, -0.2) is 0 Å². The normalized spacial score (nSPS) is 18.7. The molecule has 0 aliphatic carbocycles. The molecule has 1 aliphatic rings. The molecule has 0 fully saturated rings. The number of hydrazine groups is 1. The summed E-state index contributed by atoms with van der Waals surface area (Å²) in [7, 11) is 0. The van der Waals surface area contributed by atoms with Crippen LogP contribution in [-0.2, 0) is 6.42 Å². The van der Waals surface area contributed by atoms with E-state index in [0.29, 0.717) is 0 Å². The van der Waals surface area contributed by atoms with Crippen molar-refractivity contribution < 1.29 is 4.74 Å². The topological polar surface area (TPSA) is 60.2 Å². The molecule has 110 valence electrons. The van der Waals surface area contributed by atoms with Gasteiger partial charge in [-0.1, -0.05) is 12.1 Å². The molecule has 0 bridgehead atoms. The van der Waals surface area contributed by atoms with Crippen LogP contribution in [0.15, 0.2) is 52.0 Å². The Balaban J connectivity index is 1.71. The van der Waals surface area contributed by atoms with Crippen molar-refractivity contribution in [2.75, 3.05) is 5.75 Å². The second kappa shape index (κ2) is 6.79. The molecule has 0 radical (unpaired) electrons. The van der Waals surface area contributed by atoms with Crippen LogP contribution in [0.5, 0.6) is 5.75 Å². The first-order chi connectivity index (χ1) is 10.3. The third-order valence-corrected chi connectivity index (χ3v) is 5.02. The summed E-state index contributed by atoms with van der Waals surface area (Å²) in [4.78, 5) is 5.59. The number of rotatable bonds is 4. The Kier molecular flexibility index (Phi) is 4.80. The second-order valence-electron chi connectivity index (χ2n) is 4.86. The number of ether oxygens (including phenoxy) is 1. The van der Waals surface area contributed by atoms with Gasteiger partial charge >= 0.3 is 0 Å². The number of nitrogens with one attached hydrogen (secondary N) is 1. The number of benzene rings is 1. The maximum atomic E-state index is 6.08. The number of halogens is 1. The van der Waals surface area contributed by atoms with Gasteiger partial charge in [-0.05, 0) is 40.2 Å². The molecule has 2 heterocycles. The molecule has 0 spiro atoms. The standard InChI is InChI=1S/C15H16BrN3OS/c16-10-5-6-11(18-8-10)7-12(19-17)14-9-21-15-4-2-1-3-13(15)20-14/h1-6,8,12,14,19H,7,9,17H2. The van der Waals surface area contributed by atoms with Crippen molar-refractivity contribution >= 4 is 27.7 Å². The number of para-hydroxylation sites is 1. The molecule has 0 saturated carbocycles. The van der Waals surface area contributed by atoms with Crippen molar-refractivity contribution in [3.05, 3.63) is 52.8 Å². The monoisotopic (exact) mass is 365 g/mol. The van der Waals surface area contributed by atoms with Gasteiger partial charge in [0, 0.05) is 33.4 Å². The zero-order valence-corrected chi connectivity index (χ0v) is 13.7. The van der Waals surface area contributed by atoms with Crippen molar-refractivity contribution in [2.24, 2.45) is 5.84 Å². The Morgan fingerprint density at radius 3 is 3.00 bits per heavy atom. The third kappa shape index (κ3) is 3.58. The van der Waals surface area contributed by atoms with Gasteiger partial charge in [-0.2, -0.15) is 0 Å². The first-order valence-electron chi connectivity index (χ1n) is 6.71. The molecular formula is C15H16BrN3OS. The lowest BCUT2D eigenvalue weighted by atomic mass is 10.1. The summed E-state index contributed by atoms with van der Waals surface area (Å²) in [6, 6.07) is 12.1. The molecule has 0 saturated heterocycles. The number of thioether (sulfide) groups is 1. The number of nitrogens with two attached hydrogens (primary N) is 1. The van der Waals surface area contributed by atoms with Crippen molar-refractivity contribution in [1.82, 2.24) is 10.4 Å². The van der Waals surface area contributed by atoms with Crippen LogP contribution >= 0.6 is 27.7 Å². The first-order valence-corrected chi connectivity index (χ1v) is 8.49. The zero-order valence-electron chi connectivity index (χ0n) is 11.3. The Bertz CT molecular complexity index is 608. The van der Waals surface area contributed by atoms with E-state index in [4.69, 9.17) is 10.6 Å². The SMILES string of the molecule is NNC(Cc1ccc(Br)cn1)C1CSc2ccccc2O1. The minimum absolute atomic E-state index is 0.0273. The molecule has 2 atom stereocenters. The minimum atomic E-state index is 0.0273. The largest absolute Gasteiger partial charge is 0.487 e. The van der Waals surface area contributed by atoms with E-state index in [9.17, 15) is 0 Å². The number of nitrogens with zero attached hydrogens (tertiary/aromatic N) is 1. The average molecular weight is 366 g/mol. The van der Waals surface area contributed by atoms with E-state index >= 15 is 0 Å². The van der Waals surface area contributed by atoms with Crippen LogP contribution in [0.2, 0.25) is 0 Å². The lowest BCUT2D eigenvalue weighted by Gasteiger charge is -2.31. The molecule has 4 nitrogen and oxygen atoms in total. The number of pyridine rings is 1. The van der Waals surface area contributed by atoms with Gasteiger partial charge in [0.25, 0.3) is 0 Å². The van der Waals surface area contributed by atoms with E-state index in [1.807, 2.05) is 30.3 Å². The lowest BCUT2D eigenvalue weighted by molar-refractivity contribution is 0.165. The quantitative estimate of drug-likeness (QED) is 0.644. The molecule has 2 unspecified atom stereocenters. The molecule has 6 heteroatoms. The summed E-state index contributed by atoms with van der Waals surface area (Å²) in [6.07, 6.45) is 2.56. The molecule has 3 rings (SSSR count). The number of aromatic nitrogens is 1. The van der Waals surface area contributed by atoms with Gasteiger partial charge in [-0.3, -0.25) is 16.3 Å². The van der Waals surface area contributed by atoms with Crippen molar-refractivity contribution in [3.63, 3.8) is 0 Å². The summed E-state index contributed by atoms with van der Waals surface area (Å²) < 4.78 is 7.05. The average Bonchev–Trinajstić information content (AvgIpc) is 2.54. The highest BCUT2D eigenvalue weighted by molar-refractivity contribution is 9.10. The molecule has 2 aromatic rings. The van der Waals surface area contributed by atoms with Gasteiger partial charge in [-0.15, -0.1) is 11.8 Å². The maximum Gasteiger partial charge on any atom is 0.133 e. The van der Waals surface area contributed by atoms with Gasteiger partial charge < -0.3 is 4.74 Å². The van der Waals surface area contributed by atoms with Crippen LogP contribution in [0.25, 0.3) is 0 Å². The van der Waals surface area contributed by atoms with E-state index in [1.54, 1.807) is 18.0 Å². The molecule has 1 aromatic carbocycles. The Morgan fingerprint density at radius 1 is 1.38 bits per heavy atom. The van der Waals surface area contributed by atoms with Crippen LogP contribution in [0.4, 0.5) is 0 Å². The summed E-state index contributed by atoms with van der Waals surface area (Å²) in [5.41, 5.74) is 3.87. The molecule has 0 amide bonds. The Labute approximate surface area is 136 Å². The number of fused-ring (bicyclic) bond motifs is 1. The maximum absolute atomic E-state index is 6.08. The van der Waals surface area contributed by atoms with Gasteiger partial charge in [0.1, 0.15) is 11.9 Å². The first kappa shape index (κ1) is 14.8. The van der Waals surface area contributed by atoms with Crippen molar-refractivity contribution in [1.29, 1.82) is 0 Å². The summed E-state index contributed by atoms with van der Waals surface area (Å²) in [5.74, 6) is 7.54. The van der Waals surface area contributed by atoms with Gasteiger partial charge in [0.05, 0.1) is 6.04 Å². The molecule has 1 aliphatic heterocycles. The fourth-order valence-corrected chi connectivity index (χ4v) is 3.60. The van der Waals surface area contributed by atoms with E-state index in [2.05, 4.69) is 32.4 Å². The predicted octanol–water partition coefficient (Wildman–Crippen LogP) is 2.77. The third-order valence-electron chi connectivity index (χ3n) is 3.41.